The zero-order chi connectivity index (χ0) is 15.9. The van der Waals surface area contributed by atoms with Gasteiger partial charge < -0.3 is 14.2 Å². The molecule has 22 heavy (non-hydrogen) atoms. The fourth-order valence-corrected chi connectivity index (χ4v) is 3.11. The molecule has 0 radical (unpaired) electrons. The Morgan fingerprint density at radius 1 is 1.27 bits per heavy atom. The zero-order valence-electron chi connectivity index (χ0n) is 13.4. The normalized spacial score (nSPS) is 18.5. The van der Waals surface area contributed by atoms with Gasteiger partial charge in [-0.2, -0.15) is 0 Å². The third-order valence-corrected chi connectivity index (χ3v) is 4.08. The van der Waals surface area contributed by atoms with Crippen LogP contribution in [0.25, 0.3) is 5.57 Å². The molecule has 0 saturated heterocycles. The number of hydrogen-bond donors (Lipinski definition) is 0. The van der Waals surface area contributed by atoms with Gasteiger partial charge in [0.15, 0.2) is 0 Å². The van der Waals surface area contributed by atoms with Gasteiger partial charge in [-0.3, -0.25) is 4.90 Å². The lowest BCUT2D eigenvalue weighted by molar-refractivity contribution is 0.125. The summed E-state index contributed by atoms with van der Waals surface area (Å²) in [6.07, 6.45) is 1.86. The molecule has 0 aliphatic carbocycles. The van der Waals surface area contributed by atoms with Gasteiger partial charge in [0, 0.05) is 23.1 Å². The average Bonchev–Trinajstić information content (AvgIpc) is 2.63. The van der Waals surface area contributed by atoms with E-state index in [0.717, 1.165) is 28.2 Å². The highest BCUT2D eigenvalue weighted by Crippen LogP contribution is 2.43. The van der Waals surface area contributed by atoms with E-state index in [1.807, 2.05) is 12.1 Å². The van der Waals surface area contributed by atoms with Gasteiger partial charge in [-0.05, 0) is 17.7 Å². The molecule has 0 unspecified atom stereocenters. The van der Waals surface area contributed by atoms with E-state index >= 15 is 0 Å². The Morgan fingerprint density at radius 2 is 2.05 bits per heavy atom. The second-order valence-corrected chi connectivity index (χ2v) is 6.39. The van der Waals surface area contributed by atoms with Crippen molar-refractivity contribution in [3.05, 3.63) is 29.3 Å². The van der Waals surface area contributed by atoms with Crippen molar-refractivity contribution >= 4 is 11.7 Å². The minimum atomic E-state index is -0.332. The van der Waals surface area contributed by atoms with E-state index in [1.165, 1.54) is 7.11 Å². The van der Waals surface area contributed by atoms with Gasteiger partial charge in [-0.1, -0.05) is 19.9 Å². The van der Waals surface area contributed by atoms with Crippen LogP contribution in [0.3, 0.4) is 0 Å². The van der Waals surface area contributed by atoms with Gasteiger partial charge in [0.1, 0.15) is 11.5 Å². The summed E-state index contributed by atoms with van der Waals surface area (Å²) in [5.41, 5.74) is 3.02. The first-order valence-electron chi connectivity index (χ1n) is 7.33. The Morgan fingerprint density at radius 3 is 2.73 bits per heavy atom. The Kier molecular flexibility index (Phi) is 3.51. The Labute approximate surface area is 130 Å². The van der Waals surface area contributed by atoms with Crippen LogP contribution in [0.4, 0.5) is 4.79 Å². The first-order valence-corrected chi connectivity index (χ1v) is 7.33. The zero-order valence-corrected chi connectivity index (χ0v) is 13.4. The SMILES string of the molecule is COC(=O)N1CC2=CC(C)(C)COc3ccc(OC)c(c32)C1. The minimum Gasteiger partial charge on any atom is -0.496 e. The molecule has 3 rings (SSSR count). The number of nitrogens with zero attached hydrogens (tertiary/aromatic N) is 1. The lowest BCUT2D eigenvalue weighted by Gasteiger charge is -2.31. The molecule has 5 heteroatoms. The van der Waals surface area contributed by atoms with E-state index in [4.69, 9.17) is 14.2 Å². The van der Waals surface area contributed by atoms with E-state index in [0.29, 0.717) is 19.7 Å². The molecule has 2 aliphatic heterocycles. The topological polar surface area (TPSA) is 48.0 Å². The number of ether oxygens (including phenoxy) is 3. The van der Waals surface area contributed by atoms with Crippen molar-refractivity contribution in [2.24, 2.45) is 5.41 Å². The van der Waals surface area contributed by atoms with Crippen LogP contribution in [0.1, 0.15) is 25.0 Å². The van der Waals surface area contributed by atoms with Crippen LogP contribution in [0.15, 0.2) is 18.2 Å². The summed E-state index contributed by atoms with van der Waals surface area (Å²) in [5.74, 6) is 1.62. The molecule has 1 aromatic carbocycles. The predicted molar refractivity (Wildman–Crippen MR) is 83.1 cm³/mol. The summed E-state index contributed by atoms with van der Waals surface area (Å²) in [6, 6.07) is 3.84. The van der Waals surface area contributed by atoms with Crippen LogP contribution in [-0.2, 0) is 11.3 Å². The van der Waals surface area contributed by atoms with Gasteiger partial charge in [-0.15, -0.1) is 0 Å². The van der Waals surface area contributed by atoms with Crippen molar-refractivity contribution in [1.29, 1.82) is 0 Å². The van der Waals surface area contributed by atoms with Crippen LogP contribution >= 0.6 is 0 Å². The summed E-state index contributed by atoms with van der Waals surface area (Å²) < 4.78 is 16.4. The number of carbonyl (C=O) groups excluding carboxylic acids is 1. The van der Waals surface area contributed by atoms with Gasteiger partial charge in [0.2, 0.25) is 0 Å². The van der Waals surface area contributed by atoms with Crippen LogP contribution in [-0.4, -0.2) is 38.4 Å². The number of carbonyl (C=O) groups is 1. The molecule has 0 N–H and O–H groups in total. The fraction of sp³-hybridized carbons (Fsp3) is 0.471. The predicted octanol–water partition coefficient (Wildman–Crippen LogP) is 3.08. The maximum Gasteiger partial charge on any atom is 0.410 e. The molecule has 0 bridgehead atoms. The average molecular weight is 303 g/mol. The first kappa shape index (κ1) is 14.8. The van der Waals surface area contributed by atoms with Crippen LogP contribution < -0.4 is 9.47 Å². The van der Waals surface area contributed by atoms with Crippen LogP contribution in [0.5, 0.6) is 11.5 Å². The summed E-state index contributed by atoms with van der Waals surface area (Å²) in [4.78, 5) is 13.7. The second kappa shape index (κ2) is 5.23. The van der Waals surface area contributed by atoms with Gasteiger partial charge in [0.25, 0.3) is 0 Å². The van der Waals surface area contributed by atoms with E-state index in [1.54, 1.807) is 12.0 Å². The van der Waals surface area contributed by atoms with E-state index in [-0.39, 0.29) is 11.5 Å². The number of rotatable bonds is 1. The van der Waals surface area contributed by atoms with Crippen molar-refractivity contribution in [2.45, 2.75) is 20.4 Å². The second-order valence-electron chi connectivity index (χ2n) is 6.39. The van der Waals surface area contributed by atoms with Crippen LogP contribution in [0.2, 0.25) is 0 Å². The van der Waals surface area contributed by atoms with Crippen molar-refractivity contribution in [3.8, 4) is 11.5 Å². The summed E-state index contributed by atoms with van der Waals surface area (Å²) >= 11 is 0. The third-order valence-electron chi connectivity index (χ3n) is 4.08. The van der Waals surface area contributed by atoms with Crippen molar-refractivity contribution in [1.82, 2.24) is 4.90 Å². The highest BCUT2D eigenvalue weighted by molar-refractivity contribution is 5.82. The lowest BCUT2D eigenvalue weighted by Crippen LogP contribution is -2.35. The van der Waals surface area contributed by atoms with Crippen LogP contribution in [0, 0.1) is 5.41 Å². The Bertz CT molecular complexity index is 648. The fourth-order valence-electron chi connectivity index (χ4n) is 3.11. The largest absolute Gasteiger partial charge is 0.496 e. The van der Waals surface area contributed by atoms with Gasteiger partial charge in [-0.25, -0.2) is 4.79 Å². The summed E-state index contributed by atoms with van der Waals surface area (Å²) in [7, 11) is 3.04. The standard InChI is InChI=1S/C17H21NO4/c1-17(2)7-11-8-18(16(19)21-4)9-12-13(20-3)5-6-14(15(11)12)22-10-17/h5-7H,8-10H2,1-4H3. The smallest absolute Gasteiger partial charge is 0.410 e. The van der Waals surface area contributed by atoms with Gasteiger partial charge in [0.05, 0.1) is 27.4 Å². The van der Waals surface area contributed by atoms with Crippen molar-refractivity contribution in [2.75, 3.05) is 27.4 Å². The molecular formula is C17H21NO4. The molecule has 2 aliphatic rings. The lowest BCUT2D eigenvalue weighted by atomic mass is 9.87. The number of benzene rings is 1. The summed E-state index contributed by atoms with van der Waals surface area (Å²) in [5, 5.41) is 0. The molecule has 0 fully saturated rings. The maximum atomic E-state index is 12.0. The molecule has 0 spiro atoms. The van der Waals surface area contributed by atoms with Crippen molar-refractivity contribution < 1.29 is 19.0 Å². The van der Waals surface area contributed by atoms with E-state index < -0.39 is 0 Å². The molecule has 0 atom stereocenters. The first-order chi connectivity index (χ1) is 10.4. The maximum absolute atomic E-state index is 12.0. The monoisotopic (exact) mass is 303 g/mol. The van der Waals surface area contributed by atoms with Gasteiger partial charge >= 0.3 is 6.09 Å². The molecule has 0 saturated carbocycles. The molecule has 1 amide bonds. The van der Waals surface area contributed by atoms with E-state index in [9.17, 15) is 4.79 Å². The molecule has 0 aromatic heterocycles. The number of amides is 1. The third kappa shape index (κ3) is 2.40. The molecule has 1 aromatic rings. The van der Waals surface area contributed by atoms with Crippen molar-refractivity contribution in [3.63, 3.8) is 0 Å². The molecular weight excluding hydrogens is 282 g/mol. The molecule has 5 nitrogen and oxygen atoms in total. The molecule has 2 heterocycles. The Hall–Kier alpha value is -2.17. The minimum absolute atomic E-state index is 0.0992. The Balaban J connectivity index is 2.18. The summed E-state index contributed by atoms with van der Waals surface area (Å²) in [6.45, 7) is 5.83. The highest BCUT2D eigenvalue weighted by Gasteiger charge is 2.33. The number of hydrogen-bond acceptors (Lipinski definition) is 4. The highest BCUT2D eigenvalue weighted by atomic mass is 16.5. The number of methoxy groups -OCH3 is 2. The quantitative estimate of drug-likeness (QED) is 0.800. The van der Waals surface area contributed by atoms with E-state index in [2.05, 4.69) is 19.9 Å². The molecule has 118 valence electrons.